The van der Waals surface area contributed by atoms with Crippen molar-refractivity contribution in [3.63, 3.8) is 0 Å². The topological polar surface area (TPSA) is 384 Å². The summed E-state index contributed by atoms with van der Waals surface area (Å²) in [6, 6.07) is -5.63. The van der Waals surface area contributed by atoms with Gasteiger partial charge in [-0.05, 0) is 23.8 Å². The Morgan fingerprint density at radius 2 is 1.54 bits per heavy atom. The lowest BCUT2D eigenvalue weighted by atomic mass is 9.86. The molecule has 0 unspecified atom stereocenters. The average Bonchev–Trinajstić information content (AvgIpc) is 3.85. The molecule has 7 amide bonds. The lowest BCUT2D eigenvalue weighted by molar-refractivity contribution is -0.385. The second kappa shape index (κ2) is 23.0. The zero-order chi connectivity index (χ0) is 51.1. The largest absolute Gasteiger partial charge is 0.525 e. The fourth-order valence-electron chi connectivity index (χ4n) is 8.15. The highest BCUT2D eigenvalue weighted by Gasteiger charge is 2.44. The number of H-pyrrole nitrogens is 1. The van der Waals surface area contributed by atoms with Crippen LogP contribution in [0.2, 0.25) is 0 Å². The molecule has 1 aromatic heterocycles. The number of aromatic amines is 1. The van der Waals surface area contributed by atoms with Crippen LogP contribution in [-0.4, -0.2) is 152 Å². The number of rotatable bonds is 9. The maximum Gasteiger partial charge on any atom is 0.525 e. The Bertz CT molecular complexity index is 2430. The number of hydrogen-bond acceptors (Lipinski definition) is 16. The van der Waals surface area contributed by atoms with Gasteiger partial charge in [0.25, 0.3) is 0 Å². The van der Waals surface area contributed by atoms with Gasteiger partial charge < -0.3 is 56.2 Å². The Balaban J connectivity index is 1.77. The number of esters is 1. The second-order valence-corrected chi connectivity index (χ2v) is 19.3. The van der Waals surface area contributed by atoms with E-state index in [2.05, 4.69) is 41.4 Å². The van der Waals surface area contributed by atoms with Crippen molar-refractivity contribution in [3.8, 4) is 5.75 Å². The number of aliphatic hydroxyl groups excluding tert-OH is 1. The van der Waals surface area contributed by atoms with Crippen molar-refractivity contribution in [2.45, 2.75) is 108 Å². The number of ketones is 1. The van der Waals surface area contributed by atoms with Crippen molar-refractivity contribution < 1.29 is 76.8 Å². The third kappa shape index (κ3) is 13.6. The molecule has 2 aromatic rings. The molecule has 69 heavy (non-hydrogen) atoms. The highest BCUT2D eigenvalue weighted by atomic mass is 32.2. The van der Waals surface area contributed by atoms with Gasteiger partial charge in [-0.1, -0.05) is 40.5 Å². The van der Waals surface area contributed by atoms with Gasteiger partial charge >= 0.3 is 19.5 Å². The van der Waals surface area contributed by atoms with E-state index in [4.69, 9.17) is 4.74 Å². The molecule has 1 saturated heterocycles. The SMILES string of the molecule is CC[C@H](C)[C@@H]1NC(=O)[C@@H]2C[C@@H](O)CN2C(=O)[C@H](CC(=O)OC)NC(=O)[C@@H]2CSc3[nH]c4cc(OP(=O)(O)O)c([N+](=O)[O-])cc4c3C[C@H](CC1=O)C(=O)NCC(=O)N[C@@H]([C@@H](C)CC)C(=O)NCC(=O)N2. The monoisotopic (exact) mass is 1010 g/mol. The maximum absolute atomic E-state index is 14.6. The lowest BCUT2D eigenvalue weighted by Crippen LogP contribution is -2.59. The number of phosphoric ester groups is 1. The summed E-state index contributed by atoms with van der Waals surface area (Å²) in [5.41, 5.74) is -0.897. The molecule has 5 rings (SSSR count). The molecule has 0 spiro atoms. The number of aromatic nitrogens is 1. The van der Waals surface area contributed by atoms with Crippen LogP contribution in [0, 0.1) is 27.9 Å². The first kappa shape index (κ1) is 53.8. The van der Waals surface area contributed by atoms with Gasteiger partial charge in [0.1, 0.15) is 24.2 Å². The number of carbonyl (C=O) groups is 9. The zero-order valence-corrected chi connectivity index (χ0v) is 39.9. The number of amides is 7. The minimum Gasteiger partial charge on any atom is -0.469 e. The number of benzene rings is 1. The van der Waals surface area contributed by atoms with Gasteiger partial charge in [-0.15, -0.1) is 11.8 Å². The highest BCUT2D eigenvalue weighted by molar-refractivity contribution is 7.99. The predicted molar refractivity (Wildman–Crippen MR) is 241 cm³/mol. The van der Waals surface area contributed by atoms with Crippen LogP contribution >= 0.6 is 19.6 Å². The van der Waals surface area contributed by atoms with Crippen LogP contribution < -0.4 is 36.4 Å². The second-order valence-electron chi connectivity index (χ2n) is 17.1. The summed E-state index contributed by atoms with van der Waals surface area (Å²) >= 11 is 0.784. The van der Waals surface area contributed by atoms with Crippen LogP contribution in [0.15, 0.2) is 17.2 Å². The van der Waals surface area contributed by atoms with Gasteiger partial charge in [0, 0.05) is 48.6 Å². The molecular formula is C41H56N9O17PS. The van der Waals surface area contributed by atoms with Gasteiger partial charge in [0.15, 0.2) is 5.78 Å². The number of aliphatic hydroxyl groups is 1. The highest BCUT2D eigenvalue weighted by Crippen LogP contribution is 2.45. The van der Waals surface area contributed by atoms with Crippen LogP contribution in [0.4, 0.5) is 5.69 Å². The van der Waals surface area contributed by atoms with Crippen molar-refractivity contribution in [1.82, 2.24) is 41.8 Å². The molecule has 3 aliphatic rings. The first-order chi connectivity index (χ1) is 32.4. The molecule has 26 nitrogen and oxygen atoms in total. The number of ether oxygens (including phenoxy) is 1. The van der Waals surface area contributed by atoms with E-state index in [1.54, 1.807) is 27.7 Å². The minimum atomic E-state index is -5.40. The summed E-state index contributed by atoms with van der Waals surface area (Å²) in [6.07, 6.45) is -2.83. The molecule has 4 heterocycles. The number of nitro benzene ring substituents is 1. The molecule has 378 valence electrons. The van der Waals surface area contributed by atoms with E-state index in [1.165, 1.54) is 0 Å². The summed E-state index contributed by atoms with van der Waals surface area (Å²) in [6.45, 7) is 4.85. The molecule has 1 fully saturated rings. The van der Waals surface area contributed by atoms with E-state index in [9.17, 15) is 72.7 Å². The number of phosphoric acid groups is 1. The molecular weight excluding hydrogens is 954 g/mol. The maximum atomic E-state index is 14.6. The minimum absolute atomic E-state index is 0.0198. The Morgan fingerprint density at radius 3 is 2.16 bits per heavy atom. The first-order valence-electron chi connectivity index (χ1n) is 22.0. The number of thioether (sulfide) groups is 1. The summed E-state index contributed by atoms with van der Waals surface area (Å²) in [5, 5.41) is 38.2. The van der Waals surface area contributed by atoms with Crippen LogP contribution in [0.1, 0.15) is 65.4 Å². The quantitative estimate of drug-likeness (QED) is 0.0596. The molecule has 2 bridgehead atoms. The normalized spacial score (nSPS) is 26.0. The number of hydrogen-bond donors (Lipinski definition) is 10. The van der Waals surface area contributed by atoms with Gasteiger partial charge in [-0.25, -0.2) is 4.57 Å². The Kier molecular flexibility index (Phi) is 17.9. The standard InChI is InChI=1S/C41H56N9O17PS/c1-6-18(3)34-29(52)9-20-8-23-22-11-27(50(61)62)30(67-68(63,64)65)12-24(22)46-40(23)69-17-26(44-31(53)14-43-39(59)35(19(4)7-2)47-32(54)15-42-36(20)56)37(57)45-25(13-33(55)66-5)41(60)49-16-21(51)10-28(49)38(58)48-34/h11-12,18-21,25-26,28,34-35,46,51H,6-10,13-17H2,1-5H3,(H,42,56)(H,43,59)(H,44,53)(H,45,57)(H,47,54)(H,48,58)(H2,63,64,65)/t18-,19-,20+,21+,25-,26-,28-,34-,35-/m0/s1. The molecule has 0 radical (unpaired) electrons. The smallest absolute Gasteiger partial charge is 0.469 e. The van der Waals surface area contributed by atoms with Gasteiger partial charge in [-0.2, -0.15) is 0 Å². The van der Waals surface area contributed by atoms with E-state index in [1.807, 2.05) is 0 Å². The van der Waals surface area contributed by atoms with Crippen molar-refractivity contribution in [2.75, 3.05) is 32.5 Å². The lowest BCUT2D eigenvalue weighted by Gasteiger charge is -2.31. The molecule has 9 atom stereocenters. The van der Waals surface area contributed by atoms with E-state index < -0.39 is 176 Å². The summed E-state index contributed by atoms with van der Waals surface area (Å²) < 4.78 is 21.4. The number of nitrogens with one attached hydrogen (secondary N) is 7. The van der Waals surface area contributed by atoms with Crippen molar-refractivity contribution in [3.05, 3.63) is 27.8 Å². The summed E-state index contributed by atoms with van der Waals surface area (Å²) in [5.74, 6) is -12.1. The number of nitro groups is 1. The molecule has 28 heteroatoms. The van der Waals surface area contributed by atoms with Crippen molar-refractivity contribution in [1.29, 1.82) is 0 Å². The summed E-state index contributed by atoms with van der Waals surface area (Å²) in [4.78, 5) is 160. The number of carbonyl (C=O) groups excluding carboxylic acids is 9. The van der Waals surface area contributed by atoms with Gasteiger partial charge in [0.2, 0.25) is 47.1 Å². The number of methoxy groups -OCH3 is 1. The summed E-state index contributed by atoms with van der Waals surface area (Å²) in [7, 11) is -4.38. The third-order valence-corrected chi connectivity index (χ3v) is 13.8. The number of Topliss-reactive ketones (excluding diaryl/α,β-unsaturated/α-hetero) is 1. The molecule has 0 saturated carbocycles. The van der Waals surface area contributed by atoms with E-state index >= 15 is 0 Å². The van der Waals surface area contributed by atoms with E-state index in [-0.39, 0.29) is 27.9 Å². The third-order valence-electron chi connectivity index (χ3n) is 12.3. The van der Waals surface area contributed by atoms with Crippen LogP contribution in [0.3, 0.4) is 0 Å². The average molecular weight is 1010 g/mol. The fourth-order valence-corrected chi connectivity index (χ4v) is 9.67. The molecule has 3 aliphatic heterocycles. The van der Waals surface area contributed by atoms with E-state index in [0.29, 0.717) is 12.8 Å². The van der Waals surface area contributed by atoms with Crippen LogP contribution in [0.25, 0.3) is 10.9 Å². The van der Waals surface area contributed by atoms with Crippen LogP contribution in [-0.2, 0) is 58.9 Å². The Morgan fingerprint density at radius 1 is 0.899 bits per heavy atom. The van der Waals surface area contributed by atoms with Gasteiger partial charge in [0.05, 0.1) is 54.2 Å². The van der Waals surface area contributed by atoms with Crippen LogP contribution in [0.5, 0.6) is 5.75 Å². The van der Waals surface area contributed by atoms with Gasteiger partial charge in [-0.3, -0.25) is 63.1 Å². The fraction of sp³-hybridized carbons (Fsp3) is 0.585. The molecule has 0 aliphatic carbocycles. The van der Waals surface area contributed by atoms with E-state index in [0.717, 1.165) is 35.9 Å². The van der Waals surface area contributed by atoms with Crippen molar-refractivity contribution >= 4 is 89.3 Å². The first-order valence-corrected chi connectivity index (χ1v) is 24.5. The molecule has 1 aromatic carbocycles. The number of fused-ring (bicyclic) bond motifs is 5. The Labute approximate surface area is 398 Å². The number of nitrogens with zero attached hydrogens (tertiary/aromatic N) is 2. The molecule has 10 N–H and O–H groups in total. The Hall–Kier alpha value is -6.15. The predicted octanol–water partition coefficient (Wildman–Crippen LogP) is -1.43. The van der Waals surface area contributed by atoms with Crippen molar-refractivity contribution in [2.24, 2.45) is 17.8 Å². The zero-order valence-electron chi connectivity index (χ0n) is 38.2.